The summed E-state index contributed by atoms with van der Waals surface area (Å²) in [7, 11) is 0. The van der Waals surface area contributed by atoms with Crippen molar-refractivity contribution in [3.05, 3.63) is 41.3 Å². The van der Waals surface area contributed by atoms with Crippen molar-refractivity contribution in [1.29, 1.82) is 0 Å². The third-order valence-corrected chi connectivity index (χ3v) is 2.62. The first-order chi connectivity index (χ1) is 8.43. The normalized spacial score (nSPS) is 11.8. The van der Waals surface area contributed by atoms with E-state index in [4.69, 9.17) is 5.73 Å². The fourth-order valence-electron chi connectivity index (χ4n) is 1.55. The molecule has 2 heterocycles. The van der Waals surface area contributed by atoms with E-state index in [9.17, 15) is 13.2 Å². The molecular formula is C11H11F3N4. The summed E-state index contributed by atoms with van der Waals surface area (Å²) in [6.45, 7) is 2.11. The molecule has 2 N–H and O–H groups in total. The molecule has 0 unspecified atom stereocenters. The quantitative estimate of drug-likeness (QED) is 0.894. The fraction of sp³-hybridized carbons (Fsp3) is 0.273. The number of hydrogen-bond acceptors (Lipinski definition) is 3. The van der Waals surface area contributed by atoms with Crippen LogP contribution in [0.25, 0.3) is 5.82 Å². The van der Waals surface area contributed by atoms with Gasteiger partial charge in [0.15, 0.2) is 5.82 Å². The molecule has 0 aromatic carbocycles. The number of rotatable bonds is 2. The van der Waals surface area contributed by atoms with Crippen molar-refractivity contribution >= 4 is 0 Å². The number of halogens is 3. The molecule has 0 aliphatic carbocycles. The molecule has 0 spiro atoms. The molecule has 4 nitrogen and oxygen atoms in total. The van der Waals surface area contributed by atoms with Crippen molar-refractivity contribution in [3.8, 4) is 5.82 Å². The maximum absolute atomic E-state index is 12.4. The van der Waals surface area contributed by atoms with Crippen molar-refractivity contribution in [3.63, 3.8) is 0 Å². The Morgan fingerprint density at radius 2 is 2.00 bits per heavy atom. The lowest BCUT2D eigenvalue weighted by atomic mass is 10.2. The lowest BCUT2D eigenvalue weighted by Crippen LogP contribution is -2.08. The second-order valence-electron chi connectivity index (χ2n) is 3.77. The first-order valence-electron chi connectivity index (χ1n) is 5.20. The van der Waals surface area contributed by atoms with Gasteiger partial charge in [0, 0.05) is 24.0 Å². The van der Waals surface area contributed by atoms with Crippen LogP contribution in [-0.4, -0.2) is 14.8 Å². The van der Waals surface area contributed by atoms with Crippen molar-refractivity contribution in [1.82, 2.24) is 14.8 Å². The molecule has 0 aliphatic heterocycles. The summed E-state index contributed by atoms with van der Waals surface area (Å²) >= 11 is 0. The second kappa shape index (κ2) is 4.41. The van der Waals surface area contributed by atoms with Crippen LogP contribution in [0.1, 0.15) is 16.8 Å². The van der Waals surface area contributed by atoms with E-state index in [1.54, 1.807) is 13.1 Å². The minimum atomic E-state index is -4.38. The van der Waals surface area contributed by atoms with Gasteiger partial charge in [-0.1, -0.05) is 0 Å². The minimum absolute atomic E-state index is 0.326. The van der Waals surface area contributed by atoms with Gasteiger partial charge in [-0.05, 0) is 19.1 Å². The first-order valence-corrected chi connectivity index (χ1v) is 5.20. The Bertz CT molecular complexity index is 542. The summed E-state index contributed by atoms with van der Waals surface area (Å²) in [4.78, 5) is 3.76. The predicted octanol–water partition coefficient (Wildman–Crippen LogP) is 2.05. The van der Waals surface area contributed by atoms with Crippen LogP contribution in [0.5, 0.6) is 0 Å². The second-order valence-corrected chi connectivity index (χ2v) is 3.77. The van der Waals surface area contributed by atoms with E-state index < -0.39 is 11.7 Å². The Balaban J connectivity index is 2.37. The van der Waals surface area contributed by atoms with Crippen LogP contribution in [0.15, 0.2) is 24.5 Å². The van der Waals surface area contributed by atoms with E-state index in [-0.39, 0.29) is 0 Å². The van der Waals surface area contributed by atoms with E-state index in [0.29, 0.717) is 12.4 Å². The molecule has 7 heteroatoms. The van der Waals surface area contributed by atoms with E-state index in [1.165, 1.54) is 10.7 Å². The minimum Gasteiger partial charge on any atom is -0.326 e. The van der Waals surface area contributed by atoms with E-state index in [0.717, 1.165) is 23.5 Å². The van der Waals surface area contributed by atoms with E-state index in [1.807, 2.05) is 0 Å². The van der Waals surface area contributed by atoms with E-state index in [2.05, 4.69) is 10.1 Å². The Kier molecular flexibility index (Phi) is 3.08. The standard InChI is InChI=1S/C11H11F3N4/c1-7-8(4-15)5-17-18(7)10-3-2-9(6-16-10)11(12,13)14/h2-3,5-6H,4,15H2,1H3. The highest BCUT2D eigenvalue weighted by Gasteiger charge is 2.30. The van der Waals surface area contributed by atoms with Crippen molar-refractivity contribution in [2.75, 3.05) is 0 Å². The number of alkyl halides is 3. The molecule has 0 radical (unpaired) electrons. The smallest absolute Gasteiger partial charge is 0.326 e. The number of hydrogen-bond donors (Lipinski definition) is 1. The van der Waals surface area contributed by atoms with Gasteiger partial charge in [-0.15, -0.1) is 0 Å². The van der Waals surface area contributed by atoms with Crippen LogP contribution >= 0.6 is 0 Å². The average Bonchev–Trinajstić information content (AvgIpc) is 2.69. The number of aromatic nitrogens is 3. The molecule has 0 atom stereocenters. The Morgan fingerprint density at radius 1 is 1.28 bits per heavy atom. The summed E-state index contributed by atoms with van der Waals surface area (Å²) in [6, 6.07) is 2.26. The zero-order chi connectivity index (χ0) is 13.3. The van der Waals surface area contributed by atoms with Crippen LogP contribution in [0, 0.1) is 6.92 Å². The van der Waals surface area contributed by atoms with Gasteiger partial charge in [-0.2, -0.15) is 18.3 Å². The SMILES string of the molecule is Cc1c(CN)cnn1-c1ccc(C(F)(F)F)cn1. The van der Waals surface area contributed by atoms with Crippen LogP contribution < -0.4 is 5.73 Å². The van der Waals surface area contributed by atoms with Crippen molar-refractivity contribution < 1.29 is 13.2 Å². The predicted molar refractivity (Wildman–Crippen MR) is 59.0 cm³/mol. The molecule has 96 valence electrons. The van der Waals surface area contributed by atoms with E-state index >= 15 is 0 Å². The molecule has 2 aromatic heterocycles. The lowest BCUT2D eigenvalue weighted by Gasteiger charge is -2.08. The van der Waals surface area contributed by atoms with Crippen molar-refractivity contribution in [2.45, 2.75) is 19.6 Å². The third kappa shape index (κ3) is 2.21. The van der Waals surface area contributed by atoms with Gasteiger partial charge < -0.3 is 5.73 Å². The maximum atomic E-state index is 12.4. The highest BCUT2D eigenvalue weighted by Crippen LogP contribution is 2.28. The highest BCUT2D eigenvalue weighted by molar-refractivity contribution is 5.30. The summed E-state index contributed by atoms with van der Waals surface area (Å²) in [5.74, 6) is 0.334. The number of pyridine rings is 1. The summed E-state index contributed by atoms with van der Waals surface area (Å²) in [5.41, 5.74) is 6.32. The molecule has 0 saturated heterocycles. The van der Waals surface area contributed by atoms with Crippen LogP contribution in [0.3, 0.4) is 0 Å². The average molecular weight is 256 g/mol. The van der Waals surface area contributed by atoms with Crippen molar-refractivity contribution in [2.24, 2.45) is 5.73 Å². The third-order valence-electron chi connectivity index (χ3n) is 2.62. The lowest BCUT2D eigenvalue weighted by molar-refractivity contribution is -0.137. The molecule has 2 rings (SSSR count). The molecule has 0 bridgehead atoms. The molecular weight excluding hydrogens is 245 g/mol. The van der Waals surface area contributed by atoms with Gasteiger partial charge in [0.25, 0.3) is 0 Å². The molecule has 0 fully saturated rings. The zero-order valence-electron chi connectivity index (χ0n) is 9.57. The van der Waals surface area contributed by atoms with Crippen LogP contribution in [-0.2, 0) is 12.7 Å². The van der Waals surface area contributed by atoms with Crippen LogP contribution in [0.2, 0.25) is 0 Å². The van der Waals surface area contributed by atoms with Gasteiger partial charge in [-0.3, -0.25) is 0 Å². The summed E-state index contributed by atoms with van der Waals surface area (Å²) < 4.78 is 38.6. The topological polar surface area (TPSA) is 56.7 Å². The van der Waals surface area contributed by atoms with Gasteiger partial charge in [-0.25, -0.2) is 9.67 Å². The van der Waals surface area contributed by atoms with Gasteiger partial charge in [0.1, 0.15) is 0 Å². The Hall–Kier alpha value is -1.89. The van der Waals surface area contributed by atoms with Gasteiger partial charge in [0.05, 0.1) is 11.8 Å². The molecule has 2 aromatic rings. The summed E-state index contributed by atoms with van der Waals surface area (Å²) in [6.07, 6.45) is -2.01. The summed E-state index contributed by atoms with van der Waals surface area (Å²) in [5, 5.41) is 4.04. The Morgan fingerprint density at radius 3 is 2.44 bits per heavy atom. The van der Waals surface area contributed by atoms with Gasteiger partial charge >= 0.3 is 6.18 Å². The molecule has 0 aliphatic rings. The fourth-order valence-corrected chi connectivity index (χ4v) is 1.55. The largest absolute Gasteiger partial charge is 0.417 e. The zero-order valence-corrected chi connectivity index (χ0v) is 9.57. The monoisotopic (exact) mass is 256 g/mol. The molecule has 0 amide bonds. The van der Waals surface area contributed by atoms with Gasteiger partial charge in [0.2, 0.25) is 0 Å². The molecule has 0 saturated carbocycles. The number of nitrogens with zero attached hydrogens (tertiary/aromatic N) is 3. The highest BCUT2D eigenvalue weighted by atomic mass is 19.4. The van der Waals surface area contributed by atoms with Crippen LogP contribution in [0.4, 0.5) is 13.2 Å². The number of nitrogens with two attached hydrogens (primary N) is 1. The molecule has 18 heavy (non-hydrogen) atoms. The maximum Gasteiger partial charge on any atom is 0.417 e. The first kappa shape index (κ1) is 12.6. The Labute approximate surface area is 101 Å².